The number of para-hydroxylation sites is 1. The van der Waals surface area contributed by atoms with Crippen molar-refractivity contribution in [1.29, 1.82) is 0 Å². The first-order valence-corrected chi connectivity index (χ1v) is 12.2. The van der Waals surface area contributed by atoms with E-state index in [4.69, 9.17) is 4.98 Å². The Morgan fingerprint density at radius 1 is 1.12 bits per heavy atom. The Hall–Kier alpha value is -2.99. The van der Waals surface area contributed by atoms with Gasteiger partial charge in [-0.2, -0.15) is 9.78 Å². The number of halogens is 1. The SMILES string of the molecule is CCc1ccccc1-n1c(C)cc(C=Nn2c([C@H](C)CC)nc3ccc(Br)cc3c2=O)c1C. The molecule has 0 spiro atoms. The van der Waals surface area contributed by atoms with Crippen LogP contribution in [0.4, 0.5) is 0 Å². The highest BCUT2D eigenvalue weighted by Crippen LogP contribution is 2.24. The van der Waals surface area contributed by atoms with Crippen LogP contribution in [-0.2, 0) is 6.42 Å². The molecule has 0 fully saturated rings. The van der Waals surface area contributed by atoms with Crippen molar-refractivity contribution < 1.29 is 0 Å². The van der Waals surface area contributed by atoms with Crippen LogP contribution in [0.5, 0.6) is 0 Å². The molecule has 0 aliphatic rings. The van der Waals surface area contributed by atoms with Crippen molar-refractivity contribution in [2.24, 2.45) is 5.10 Å². The Bertz CT molecular complexity index is 1410. The minimum atomic E-state index is -0.155. The molecule has 0 unspecified atom stereocenters. The van der Waals surface area contributed by atoms with E-state index in [0.29, 0.717) is 16.7 Å². The molecule has 4 rings (SSSR count). The Labute approximate surface area is 202 Å². The molecule has 0 N–H and O–H groups in total. The molecule has 2 aromatic carbocycles. The smallest absolute Gasteiger partial charge is 0.282 e. The van der Waals surface area contributed by atoms with Crippen molar-refractivity contribution in [3.63, 3.8) is 0 Å². The second kappa shape index (κ2) is 9.48. The van der Waals surface area contributed by atoms with Gasteiger partial charge >= 0.3 is 0 Å². The Morgan fingerprint density at radius 2 is 1.88 bits per heavy atom. The molecular formula is C27H29BrN4O. The van der Waals surface area contributed by atoms with E-state index in [-0.39, 0.29) is 11.5 Å². The van der Waals surface area contributed by atoms with Crippen LogP contribution in [0.1, 0.15) is 61.4 Å². The molecule has 5 nitrogen and oxygen atoms in total. The highest BCUT2D eigenvalue weighted by Gasteiger charge is 2.16. The lowest BCUT2D eigenvalue weighted by atomic mass is 10.1. The lowest BCUT2D eigenvalue weighted by Gasteiger charge is -2.14. The van der Waals surface area contributed by atoms with Crippen LogP contribution in [0.15, 0.2) is 62.9 Å². The first-order valence-electron chi connectivity index (χ1n) is 11.4. The molecule has 0 aliphatic carbocycles. The fourth-order valence-corrected chi connectivity index (χ4v) is 4.58. The summed E-state index contributed by atoms with van der Waals surface area (Å²) < 4.78 is 4.57. The summed E-state index contributed by atoms with van der Waals surface area (Å²) >= 11 is 3.46. The van der Waals surface area contributed by atoms with Crippen molar-refractivity contribution >= 4 is 33.0 Å². The van der Waals surface area contributed by atoms with Gasteiger partial charge in [0.05, 0.1) is 17.1 Å². The van der Waals surface area contributed by atoms with Crippen LogP contribution < -0.4 is 5.56 Å². The molecule has 2 aromatic heterocycles. The van der Waals surface area contributed by atoms with Crippen LogP contribution in [0.2, 0.25) is 0 Å². The molecular weight excluding hydrogens is 476 g/mol. The highest BCUT2D eigenvalue weighted by atomic mass is 79.9. The third-order valence-corrected chi connectivity index (χ3v) is 6.78. The summed E-state index contributed by atoms with van der Waals surface area (Å²) in [6.45, 7) is 10.5. The average molecular weight is 505 g/mol. The van der Waals surface area contributed by atoms with E-state index < -0.39 is 0 Å². The van der Waals surface area contributed by atoms with Gasteiger partial charge in [-0.25, -0.2) is 4.98 Å². The minimum absolute atomic E-state index is 0.103. The Morgan fingerprint density at radius 3 is 2.61 bits per heavy atom. The first kappa shape index (κ1) is 23.2. The van der Waals surface area contributed by atoms with E-state index in [2.05, 4.69) is 90.5 Å². The lowest BCUT2D eigenvalue weighted by Crippen LogP contribution is -2.23. The van der Waals surface area contributed by atoms with E-state index in [1.165, 1.54) is 15.9 Å². The predicted molar refractivity (Wildman–Crippen MR) is 140 cm³/mol. The second-order valence-electron chi connectivity index (χ2n) is 8.45. The average Bonchev–Trinajstić information content (AvgIpc) is 3.10. The number of aromatic nitrogens is 3. The van der Waals surface area contributed by atoms with Gasteiger partial charge in [0, 0.05) is 33.0 Å². The van der Waals surface area contributed by atoms with Crippen molar-refractivity contribution in [2.75, 3.05) is 0 Å². The summed E-state index contributed by atoms with van der Waals surface area (Å²) in [4.78, 5) is 18.2. The van der Waals surface area contributed by atoms with Gasteiger partial charge < -0.3 is 4.57 Å². The van der Waals surface area contributed by atoms with Crippen molar-refractivity contribution in [1.82, 2.24) is 14.2 Å². The maximum atomic E-state index is 13.4. The zero-order valence-corrected chi connectivity index (χ0v) is 21.3. The first-order chi connectivity index (χ1) is 15.8. The Balaban J connectivity index is 1.86. The molecule has 0 saturated carbocycles. The van der Waals surface area contributed by atoms with E-state index in [0.717, 1.165) is 34.3 Å². The molecule has 0 aliphatic heterocycles. The summed E-state index contributed by atoms with van der Waals surface area (Å²) in [5, 5.41) is 5.22. The zero-order valence-electron chi connectivity index (χ0n) is 19.8. The van der Waals surface area contributed by atoms with Gasteiger partial charge in [-0.1, -0.05) is 54.9 Å². The van der Waals surface area contributed by atoms with Gasteiger partial charge in [0.2, 0.25) is 0 Å². The molecule has 6 heteroatoms. The van der Waals surface area contributed by atoms with Crippen LogP contribution in [-0.4, -0.2) is 20.4 Å². The van der Waals surface area contributed by atoms with E-state index in [1.807, 2.05) is 18.2 Å². The zero-order chi connectivity index (χ0) is 23.7. The Kier molecular flexibility index (Phi) is 6.66. The third-order valence-electron chi connectivity index (χ3n) is 6.28. The largest absolute Gasteiger partial charge is 0.318 e. The topological polar surface area (TPSA) is 52.2 Å². The number of aryl methyl sites for hydroxylation is 2. The number of benzene rings is 2. The quantitative estimate of drug-likeness (QED) is 0.280. The standard InChI is InChI=1S/C27H29BrN4O/c1-6-17(3)26-30-24-13-12-22(28)15-23(24)27(33)32(26)29-16-21-14-18(4)31(19(21)5)25-11-9-8-10-20(25)7-2/h8-17H,6-7H2,1-5H3/t17-/m1/s1. The minimum Gasteiger partial charge on any atom is -0.318 e. The molecule has 0 saturated heterocycles. The van der Waals surface area contributed by atoms with Gasteiger partial charge in [-0.05, 0) is 62.6 Å². The number of rotatable bonds is 6. The van der Waals surface area contributed by atoms with Crippen molar-refractivity contribution in [3.05, 3.63) is 91.7 Å². The van der Waals surface area contributed by atoms with Crippen LogP contribution >= 0.6 is 15.9 Å². The fraction of sp³-hybridized carbons (Fsp3) is 0.296. The number of fused-ring (bicyclic) bond motifs is 1. The maximum Gasteiger partial charge on any atom is 0.282 e. The van der Waals surface area contributed by atoms with Crippen LogP contribution in [0.3, 0.4) is 0 Å². The lowest BCUT2D eigenvalue weighted by molar-refractivity contribution is 0.613. The molecule has 4 aromatic rings. The fourth-order valence-electron chi connectivity index (χ4n) is 4.22. The summed E-state index contributed by atoms with van der Waals surface area (Å²) in [5.74, 6) is 0.783. The maximum absolute atomic E-state index is 13.4. The van der Waals surface area contributed by atoms with E-state index in [1.54, 1.807) is 6.21 Å². The van der Waals surface area contributed by atoms with Gasteiger partial charge in [0.25, 0.3) is 5.56 Å². The van der Waals surface area contributed by atoms with Gasteiger partial charge in [-0.3, -0.25) is 4.79 Å². The van der Waals surface area contributed by atoms with Crippen molar-refractivity contribution in [3.8, 4) is 5.69 Å². The summed E-state index contributed by atoms with van der Waals surface area (Å²) in [5.41, 5.74) is 6.22. The number of hydrogen-bond donors (Lipinski definition) is 0. The van der Waals surface area contributed by atoms with Crippen molar-refractivity contribution in [2.45, 2.75) is 53.4 Å². The molecule has 0 amide bonds. The normalized spacial score (nSPS) is 12.7. The number of hydrogen-bond acceptors (Lipinski definition) is 3. The van der Waals surface area contributed by atoms with E-state index >= 15 is 0 Å². The van der Waals surface area contributed by atoms with Gasteiger partial charge in [-0.15, -0.1) is 0 Å². The highest BCUT2D eigenvalue weighted by molar-refractivity contribution is 9.10. The molecule has 2 heterocycles. The summed E-state index contributed by atoms with van der Waals surface area (Å²) in [6.07, 6.45) is 3.61. The monoisotopic (exact) mass is 504 g/mol. The molecule has 1 atom stereocenters. The van der Waals surface area contributed by atoms with E-state index in [9.17, 15) is 4.79 Å². The van der Waals surface area contributed by atoms with Crippen LogP contribution in [0, 0.1) is 13.8 Å². The predicted octanol–water partition coefficient (Wildman–Crippen LogP) is 6.52. The molecule has 170 valence electrons. The summed E-state index contributed by atoms with van der Waals surface area (Å²) in [7, 11) is 0. The third kappa shape index (κ3) is 4.32. The molecule has 0 bridgehead atoms. The second-order valence-corrected chi connectivity index (χ2v) is 9.36. The van der Waals surface area contributed by atoms with Crippen LogP contribution in [0.25, 0.3) is 16.6 Å². The van der Waals surface area contributed by atoms with Gasteiger partial charge in [0.1, 0.15) is 5.82 Å². The summed E-state index contributed by atoms with van der Waals surface area (Å²) in [6, 6.07) is 16.2. The van der Waals surface area contributed by atoms with Gasteiger partial charge in [0.15, 0.2) is 0 Å². The number of nitrogens with zero attached hydrogens (tertiary/aromatic N) is 4. The molecule has 33 heavy (non-hydrogen) atoms. The molecule has 0 radical (unpaired) electrons.